The largest absolute Gasteiger partial charge is 0.490 e. The van der Waals surface area contributed by atoms with Crippen LogP contribution in [0.25, 0.3) is 0 Å². The number of hydrogen-bond acceptors (Lipinski definition) is 3. The minimum Gasteiger partial charge on any atom is -0.490 e. The van der Waals surface area contributed by atoms with E-state index in [1.807, 2.05) is 0 Å². The molecule has 1 aliphatic heterocycles. The molecule has 0 fully saturated rings. The molecule has 1 aromatic carbocycles. The summed E-state index contributed by atoms with van der Waals surface area (Å²) in [7, 11) is 0. The van der Waals surface area contributed by atoms with Crippen LogP contribution in [0.3, 0.4) is 0 Å². The van der Waals surface area contributed by atoms with Crippen molar-refractivity contribution in [2.24, 2.45) is 5.73 Å². The summed E-state index contributed by atoms with van der Waals surface area (Å²) in [5.74, 6) is 0.425. The maximum absolute atomic E-state index is 12.6. The van der Waals surface area contributed by atoms with Crippen molar-refractivity contribution in [3.8, 4) is 11.5 Å². The van der Waals surface area contributed by atoms with E-state index in [4.69, 9.17) is 15.2 Å². The summed E-state index contributed by atoms with van der Waals surface area (Å²) in [5.41, 5.74) is 5.10. The fraction of sp³-hybridized carbons (Fsp3) is 0.455. The first-order chi connectivity index (χ1) is 8.00. The van der Waals surface area contributed by atoms with E-state index in [-0.39, 0.29) is 11.3 Å². The second-order valence-corrected chi connectivity index (χ2v) is 3.74. The molecule has 94 valence electrons. The predicted molar refractivity (Wildman–Crippen MR) is 55.0 cm³/mol. The van der Waals surface area contributed by atoms with Crippen molar-refractivity contribution >= 4 is 0 Å². The molecular formula is C11H12F3NO2. The van der Waals surface area contributed by atoms with Gasteiger partial charge in [-0.3, -0.25) is 0 Å². The molecule has 0 unspecified atom stereocenters. The van der Waals surface area contributed by atoms with E-state index in [1.165, 1.54) is 12.1 Å². The van der Waals surface area contributed by atoms with Crippen LogP contribution in [0.4, 0.5) is 13.2 Å². The van der Waals surface area contributed by atoms with Crippen LogP contribution in [0.2, 0.25) is 0 Å². The summed E-state index contributed by atoms with van der Waals surface area (Å²) in [6.07, 6.45) is -3.86. The number of alkyl halides is 3. The van der Waals surface area contributed by atoms with Gasteiger partial charge in [0.15, 0.2) is 11.5 Å². The smallest absolute Gasteiger partial charge is 0.407 e. The Kier molecular flexibility index (Phi) is 3.15. The topological polar surface area (TPSA) is 44.5 Å². The number of hydrogen-bond donors (Lipinski definition) is 1. The zero-order valence-electron chi connectivity index (χ0n) is 8.96. The third-order valence-corrected chi connectivity index (χ3v) is 2.49. The molecule has 1 aliphatic rings. The molecule has 0 saturated heterocycles. The molecule has 1 heterocycles. The maximum atomic E-state index is 12.6. The zero-order chi connectivity index (χ0) is 12.5. The zero-order valence-corrected chi connectivity index (χ0v) is 8.96. The van der Waals surface area contributed by atoms with E-state index in [0.717, 1.165) is 0 Å². The van der Waals surface area contributed by atoms with E-state index < -0.39 is 12.2 Å². The minimum absolute atomic E-state index is 0.0862. The van der Waals surface area contributed by atoms with Crippen molar-refractivity contribution in [1.29, 1.82) is 0 Å². The van der Waals surface area contributed by atoms with Gasteiger partial charge in [0.2, 0.25) is 0 Å². The Balaban J connectivity index is 2.41. The van der Waals surface area contributed by atoms with Gasteiger partial charge in [-0.25, -0.2) is 0 Å². The Hall–Kier alpha value is -1.43. The summed E-state index contributed by atoms with van der Waals surface area (Å²) >= 11 is 0. The monoisotopic (exact) mass is 247 g/mol. The third kappa shape index (κ3) is 2.46. The number of para-hydroxylation sites is 1. The molecule has 1 atom stereocenters. The second-order valence-electron chi connectivity index (χ2n) is 3.74. The molecule has 0 bridgehead atoms. The normalized spacial score (nSPS) is 17.4. The van der Waals surface area contributed by atoms with Gasteiger partial charge in [-0.1, -0.05) is 12.1 Å². The molecule has 17 heavy (non-hydrogen) atoms. The quantitative estimate of drug-likeness (QED) is 0.828. The van der Waals surface area contributed by atoms with Crippen molar-refractivity contribution in [3.63, 3.8) is 0 Å². The molecule has 1 aromatic rings. The van der Waals surface area contributed by atoms with Gasteiger partial charge in [0.25, 0.3) is 0 Å². The Morgan fingerprint density at radius 1 is 1.18 bits per heavy atom. The molecule has 2 N–H and O–H groups in total. The lowest BCUT2D eigenvalue weighted by Gasteiger charge is -2.19. The van der Waals surface area contributed by atoms with Gasteiger partial charge in [-0.2, -0.15) is 13.2 Å². The highest BCUT2D eigenvalue weighted by molar-refractivity contribution is 5.48. The third-order valence-electron chi connectivity index (χ3n) is 2.49. The van der Waals surface area contributed by atoms with Crippen LogP contribution in [0.1, 0.15) is 18.0 Å². The molecule has 0 amide bonds. The average Bonchev–Trinajstić information content (AvgIpc) is 2.51. The summed E-state index contributed by atoms with van der Waals surface area (Å²) in [4.78, 5) is 0. The van der Waals surface area contributed by atoms with Crippen LogP contribution < -0.4 is 15.2 Å². The van der Waals surface area contributed by atoms with E-state index in [0.29, 0.717) is 25.4 Å². The van der Waals surface area contributed by atoms with E-state index in [1.54, 1.807) is 6.07 Å². The maximum Gasteiger partial charge on any atom is 0.407 e. The predicted octanol–water partition coefficient (Wildman–Crippen LogP) is 2.41. The Morgan fingerprint density at radius 2 is 1.88 bits per heavy atom. The van der Waals surface area contributed by atoms with Crippen LogP contribution in [0, 0.1) is 0 Å². The Labute approximate surface area is 96.3 Å². The van der Waals surface area contributed by atoms with E-state index in [2.05, 4.69) is 0 Å². The van der Waals surface area contributed by atoms with Crippen LogP contribution in [0.5, 0.6) is 11.5 Å². The van der Waals surface area contributed by atoms with Crippen molar-refractivity contribution in [2.75, 3.05) is 13.2 Å². The summed E-state index contributed by atoms with van der Waals surface area (Å²) in [6.45, 7) is 0.756. The van der Waals surface area contributed by atoms with Crippen molar-refractivity contribution in [3.05, 3.63) is 23.8 Å². The molecule has 0 aromatic heterocycles. The van der Waals surface area contributed by atoms with Gasteiger partial charge >= 0.3 is 6.18 Å². The van der Waals surface area contributed by atoms with E-state index in [9.17, 15) is 13.2 Å². The number of benzene rings is 1. The summed E-state index contributed by atoms with van der Waals surface area (Å²) in [6, 6.07) is 2.31. The van der Waals surface area contributed by atoms with Gasteiger partial charge in [-0.05, 0) is 6.07 Å². The fourth-order valence-electron chi connectivity index (χ4n) is 1.64. The number of fused-ring (bicyclic) bond motifs is 1. The average molecular weight is 247 g/mol. The molecule has 2 rings (SSSR count). The van der Waals surface area contributed by atoms with E-state index >= 15 is 0 Å². The number of nitrogens with two attached hydrogens (primary N) is 1. The molecule has 3 nitrogen and oxygen atoms in total. The van der Waals surface area contributed by atoms with Crippen molar-refractivity contribution < 1.29 is 22.6 Å². The Bertz CT molecular complexity index is 406. The molecule has 0 aliphatic carbocycles. The summed E-state index contributed by atoms with van der Waals surface area (Å²) in [5, 5.41) is 0. The summed E-state index contributed by atoms with van der Waals surface area (Å²) < 4.78 is 48.4. The number of rotatable bonds is 1. The first-order valence-electron chi connectivity index (χ1n) is 5.21. The lowest BCUT2D eigenvalue weighted by Crippen LogP contribution is -2.28. The molecule has 0 saturated carbocycles. The van der Waals surface area contributed by atoms with Crippen LogP contribution in [-0.2, 0) is 0 Å². The second kappa shape index (κ2) is 4.44. The molecule has 0 radical (unpaired) electrons. The van der Waals surface area contributed by atoms with Gasteiger partial charge in [0, 0.05) is 12.0 Å². The van der Waals surface area contributed by atoms with Crippen LogP contribution in [0.15, 0.2) is 18.2 Å². The van der Waals surface area contributed by atoms with Crippen molar-refractivity contribution in [1.82, 2.24) is 0 Å². The standard InChI is InChI=1S/C11H12F3NO2/c12-11(13,14)10(15)7-3-1-4-8-9(7)17-6-2-5-16-8/h1,3-4,10H,2,5-6,15H2/t10-/m0/s1. The molecule has 0 spiro atoms. The van der Waals surface area contributed by atoms with Gasteiger partial charge < -0.3 is 15.2 Å². The molecular weight excluding hydrogens is 235 g/mol. The van der Waals surface area contributed by atoms with Crippen LogP contribution >= 0.6 is 0 Å². The first-order valence-corrected chi connectivity index (χ1v) is 5.21. The van der Waals surface area contributed by atoms with Crippen molar-refractivity contribution in [2.45, 2.75) is 18.6 Å². The Morgan fingerprint density at radius 3 is 2.59 bits per heavy atom. The molecule has 6 heteroatoms. The lowest BCUT2D eigenvalue weighted by molar-refractivity contribution is -0.149. The first kappa shape index (κ1) is 12.0. The number of halogens is 3. The highest BCUT2D eigenvalue weighted by atomic mass is 19.4. The highest BCUT2D eigenvalue weighted by Gasteiger charge is 2.40. The van der Waals surface area contributed by atoms with Gasteiger partial charge in [0.1, 0.15) is 6.04 Å². The van der Waals surface area contributed by atoms with Crippen LogP contribution in [-0.4, -0.2) is 19.4 Å². The fourth-order valence-corrected chi connectivity index (χ4v) is 1.64. The minimum atomic E-state index is -4.50. The highest BCUT2D eigenvalue weighted by Crippen LogP contribution is 2.41. The SMILES string of the molecule is N[C@@H](c1cccc2c1OCCCO2)C(F)(F)F. The number of ether oxygens (including phenoxy) is 2. The van der Waals surface area contributed by atoms with Gasteiger partial charge in [-0.15, -0.1) is 0 Å². The lowest BCUT2D eigenvalue weighted by atomic mass is 10.1. The van der Waals surface area contributed by atoms with Gasteiger partial charge in [0.05, 0.1) is 13.2 Å².